The molecule has 9 heteroatoms. The monoisotopic (exact) mass is 532 g/mol. The molecule has 0 aliphatic carbocycles. The Labute approximate surface area is 225 Å². The van der Waals surface area contributed by atoms with Crippen molar-refractivity contribution in [3.05, 3.63) is 106 Å². The first-order valence-corrected chi connectivity index (χ1v) is 12.5. The first-order valence-electron chi connectivity index (χ1n) is 11.7. The van der Waals surface area contributed by atoms with E-state index in [1.54, 1.807) is 25.4 Å². The molecule has 188 valence electrons. The van der Waals surface area contributed by atoms with E-state index in [1.807, 2.05) is 55.5 Å². The number of anilines is 1. The summed E-state index contributed by atoms with van der Waals surface area (Å²) >= 11 is 12.4. The number of hydrogen-bond donors (Lipinski definition) is 2. The van der Waals surface area contributed by atoms with E-state index in [9.17, 15) is 9.90 Å². The van der Waals surface area contributed by atoms with Gasteiger partial charge in [-0.15, -0.1) is 0 Å². The Morgan fingerprint density at radius 3 is 2.43 bits per heavy atom. The van der Waals surface area contributed by atoms with E-state index >= 15 is 0 Å². The standard InChI is InChI=1S/C28H25ClN4O3S/c1-16-14-21(17(2)32(16)19-9-7-18(8-10-19)27(34)35)26-25(23-6-4-5-13-30-23)31-28(37)33(26)20-11-12-24(36-3)22(29)15-20/h4-15,25-26H,1-3H3,(H,31,37)(H,34,35)/t25-,26-/m1/s1. The van der Waals surface area contributed by atoms with Crippen LogP contribution in [0.5, 0.6) is 5.75 Å². The Bertz CT molecular complexity index is 1490. The summed E-state index contributed by atoms with van der Waals surface area (Å²) in [6.45, 7) is 4.09. The number of thiocarbonyl (C=S) groups is 1. The van der Waals surface area contributed by atoms with Crippen LogP contribution in [0.15, 0.2) is 72.9 Å². The van der Waals surface area contributed by atoms with Crippen LogP contribution in [0.2, 0.25) is 5.02 Å². The van der Waals surface area contributed by atoms with Gasteiger partial charge in [0, 0.05) is 29.0 Å². The molecule has 5 rings (SSSR count). The van der Waals surface area contributed by atoms with Crippen molar-refractivity contribution < 1.29 is 14.6 Å². The predicted molar refractivity (Wildman–Crippen MR) is 148 cm³/mol. The molecular formula is C28H25ClN4O3S. The average molecular weight is 533 g/mol. The molecular weight excluding hydrogens is 508 g/mol. The number of hydrogen-bond acceptors (Lipinski definition) is 4. The fourth-order valence-corrected chi connectivity index (χ4v) is 5.59. The third kappa shape index (κ3) is 4.43. The van der Waals surface area contributed by atoms with Crippen molar-refractivity contribution >= 4 is 40.6 Å². The minimum atomic E-state index is -0.953. The molecule has 0 bridgehead atoms. The van der Waals surface area contributed by atoms with E-state index in [0.717, 1.165) is 34.0 Å². The molecule has 0 radical (unpaired) electrons. The van der Waals surface area contributed by atoms with Gasteiger partial charge in [0.15, 0.2) is 5.11 Å². The number of carbonyl (C=O) groups is 1. The molecule has 0 saturated carbocycles. The molecule has 2 aromatic heterocycles. The van der Waals surface area contributed by atoms with Crippen molar-refractivity contribution in [3.63, 3.8) is 0 Å². The molecule has 2 N–H and O–H groups in total. The van der Waals surface area contributed by atoms with Crippen LogP contribution in [0.3, 0.4) is 0 Å². The highest BCUT2D eigenvalue weighted by Crippen LogP contribution is 2.44. The fourth-order valence-electron chi connectivity index (χ4n) is 4.99. The van der Waals surface area contributed by atoms with Gasteiger partial charge in [-0.1, -0.05) is 17.7 Å². The Balaban J connectivity index is 1.65. The SMILES string of the molecule is COc1ccc(N2C(=S)N[C@H](c3ccccn3)[C@H]2c2cc(C)n(-c3ccc(C(=O)O)cc3)c2C)cc1Cl. The number of halogens is 1. The van der Waals surface area contributed by atoms with Gasteiger partial charge in [0.1, 0.15) is 5.75 Å². The number of rotatable bonds is 6. The van der Waals surface area contributed by atoms with Gasteiger partial charge < -0.3 is 24.6 Å². The van der Waals surface area contributed by atoms with Gasteiger partial charge in [-0.2, -0.15) is 0 Å². The number of pyridine rings is 1. The van der Waals surface area contributed by atoms with E-state index in [0.29, 0.717) is 15.9 Å². The minimum absolute atomic E-state index is 0.210. The summed E-state index contributed by atoms with van der Waals surface area (Å²) in [6.07, 6.45) is 1.78. The van der Waals surface area contributed by atoms with E-state index in [4.69, 9.17) is 28.6 Å². The van der Waals surface area contributed by atoms with Crippen LogP contribution in [0, 0.1) is 13.8 Å². The van der Waals surface area contributed by atoms with Gasteiger partial charge in [0.25, 0.3) is 0 Å². The number of aromatic carboxylic acids is 1. The molecule has 1 aliphatic rings. The lowest BCUT2D eigenvalue weighted by atomic mass is 9.96. The smallest absolute Gasteiger partial charge is 0.335 e. The largest absolute Gasteiger partial charge is 0.495 e. The zero-order chi connectivity index (χ0) is 26.3. The number of carboxylic acid groups (broad SMARTS) is 1. The molecule has 3 heterocycles. The zero-order valence-corrected chi connectivity index (χ0v) is 22.0. The van der Waals surface area contributed by atoms with Gasteiger partial charge in [-0.3, -0.25) is 4.98 Å². The normalized spacial score (nSPS) is 17.1. The third-order valence-electron chi connectivity index (χ3n) is 6.67. The van der Waals surface area contributed by atoms with Crippen LogP contribution in [0.1, 0.15) is 45.1 Å². The molecule has 2 aromatic carbocycles. The molecule has 0 amide bonds. The maximum Gasteiger partial charge on any atom is 0.335 e. The minimum Gasteiger partial charge on any atom is -0.495 e. The Kier molecular flexibility index (Phi) is 6.62. The van der Waals surface area contributed by atoms with Crippen LogP contribution in [-0.2, 0) is 0 Å². The summed E-state index contributed by atoms with van der Waals surface area (Å²) in [5.41, 5.74) is 5.93. The number of ether oxygens (including phenoxy) is 1. The van der Waals surface area contributed by atoms with Crippen molar-refractivity contribution in [1.29, 1.82) is 0 Å². The zero-order valence-electron chi connectivity index (χ0n) is 20.5. The fraction of sp³-hybridized carbons (Fsp3) is 0.179. The lowest BCUT2D eigenvalue weighted by Gasteiger charge is -2.28. The summed E-state index contributed by atoms with van der Waals surface area (Å²) in [5, 5.41) is 13.8. The van der Waals surface area contributed by atoms with Crippen molar-refractivity contribution in [2.24, 2.45) is 0 Å². The summed E-state index contributed by atoms with van der Waals surface area (Å²) in [6, 6.07) is 20.1. The summed E-state index contributed by atoms with van der Waals surface area (Å²) in [7, 11) is 1.58. The van der Waals surface area contributed by atoms with Gasteiger partial charge in [-0.25, -0.2) is 4.79 Å². The van der Waals surface area contributed by atoms with Crippen molar-refractivity contribution in [3.8, 4) is 11.4 Å². The lowest BCUT2D eigenvalue weighted by molar-refractivity contribution is 0.0697. The summed E-state index contributed by atoms with van der Waals surface area (Å²) in [5.74, 6) is -0.366. The number of methoxy groups -OCH3 is 1. The highest BCUT2D eigenvalue weighted by molar-refractivity contribution is 7.80. The first-order chi connectivity index (χ1) is 17.8. The van der Waals surface area contributed by atoms with Crippen LogP contribution in [0.4, 0.5) is 5.69 Å². The number of nitrogens with one attached hydrogen (secondary N) is 1. The van der Waals surface area contributed by atoms with Crippen molar-refractivity contribution in [2.75, 3.05) is 12.0 Å². The van der Waals surface area contributed by atoms with Gasteiger partial charge >= 0.3 is 5.97 Å². The molecule has 4 aromatic rings. The highest BCUT2D eigenvalue weighted by atomic mass is 35.5. The molecule has 1 fully saturated rings. The first kappa shape index (κ1) is 24.8. The van der Waals surface area contributed by atoms with Crippen LogP contribution < -0.4 is 15.0 Å². The lowest BCUT2D eigenvalue weighted by Crippen LogP contribution is -2.29. The van der Waals surface area contributed by atoms with Gasteiger partial charge in [0.2, 0.25) is 0 Å². The van der Waals surface area contributed by atoms with Crippen LogP contribution in [-0.4, -0.2) is 32.8 Å². The predicted octanol–water partition coefficient (Wildman–Crippen LogP) is 6.03. The van der Waals surface area contributed by atoms with Crippen molar-refractivity contribution in [1.82, 2.24) is 14.9 Å². The second-order valence-corrected chi connectivity index (χ2v) is 9.62. The number of carboxylic acids is 1. The number of aromatic nitrogens is 2. The molecule has 0 unspecified atom stereocenters. The number of aryl methyl sites for hydroxylation is 1. The molecule has 0 spiro atoms. The van der Waals surface area contributed by atoms with Gasteiger partial charge in [0.05, 0.1) is 35.5 Å². The molecule has 37 heavy (non-hydrogen) atoms. The van der Waals surface area contributed by atoms with E-state index < -0.39 is 5.97 Å². The third-order valence-corrected chi connectivity index (χ3v) is 7.28. The van der Waals surface area contributed by atoms with Crippen molar-refractivity contribution in [2.45, 2.75) is 25.9 Å². The quantitative estimate of drug-likeness (QED) is 0.294. The van der Waals surface area contributed by atoms with Crippen LogP contribution >= 0.6 is 23.8 Å². The van der Waals surface area contributed by atoms with E-state index in [2.05, 4.69) is 32.8 Å². The summed E-state index contributed by atoms with van der Waals surface area (Å²) in [4.78, 5) is 18.0. The summed E-state index contributed by atoms with van der Waals surface area (Å²) < 4.78 is 7.47. The van der Waals surface area contributed by atoms with Gasteiger partial charge in [-0.05, 0) is 92.3 Å². The Morgan fingerprint density at radius 1 is 1.08 bits per heavy atom. The Morgan fingerprint density at radius 2 is 1.81 bits per heavy atom. The molecule has 1 aliphatic heterocycles. The number of benzene rings is 2. The van der Waals surface area contributed by atoms with Crippen LogP contribution in [0.25, 0.3) is 5.69 Å². The average Bonchev–Trinajstić information content (AvgIpc) is 3.39. The van der Waals surface area contributed by atoms with E-state index in [1.165, 1.54) is 0 Å². The Hall–Kier alpha value is -3.88. The maximum atomic E-state index is 11.3. The van der Waals surface area contributed by atoms with E-state index in [-0.39, 0.29) is 17.6 Å². The maximum absolute atomic E-state index is 11.3. The molecule has 2 atom stereocenters. The molecule has 1 saturated heterocycles. The second-order valence-electron chi connectivity index (χ2n) is 8.83. The molecule has 7 nitrogen and oxygen atoms in total. The highest BCUT2D eigenvalue weighted by Gasteiger charge is 2.42. The second kappa shape index (κ2) is 9.88. The number of nitrogens with zero attached hydrogens (tertiary/aromatic N) is 3. The topological polar surface area (TPSA) is 79.6 Å².